The highest BCUT2D eigenvalue weighted by Crippen LogP contribution is 2.52. The smallest absolute Gasteiger partial charge is 0.373 e. The summed E-state index contributed by atoms with van der Waals surface area (Å²) in [5.41, 5.74) is 0. The Morgan fingerprint density at radius 3 is 1.87 bits per heavy atom. The normalized spacial score (nSPS) is 22.1. The summed E-state index contributed by atoms with van der Waals surface area (Å²) in [6, 6.07) is 0. The summed E-state index contributed by atoms with van der Waals surface area (Å²) >= 11 is 1.54. The van der Waals surface area contributed by atoms with Crippen molar-refractivity contribution in [1.29, 1.82) is 0 Å². The topological polar surface area (TPSA) is 93.1 Å². The fourth-order valence-corrected chi connectivity index (χ4v) is 3.63. The third-order valence-corrected chi connectivity index (χ3v) is 4.04. The molecule has 2 N–H and O–H groups in total. The van der Waals surface area contributed by atoms with Gasteiger partial charge in [-0.05, 0) is 0 Å². The number of hydrogen-bond acceptors (Lipinski definition) is 8. The summed E-state index contributed by atoms with van der Waals surface area (Å²) in [5.74, 6) is -1.53. The highest BCUT2D eigenvalue weighted by molar-refractivity contribution is 8.20. The van der Waals surface area contributed by atoms with Gasteiger partial charge in [-0.25, -0.2) is 0 Å². The Morgan fingerprint density at radius 2 is 1.60 bits per heavy atom. The zero-order valence-electron chi connectivity index (χ0n) is 8.05. The van der Waals surface area contributed by atoms with Gasteiger partial charge in [-0.3, -0.25) is 9.59 Å². The van der Waals surface area contributed by atoms with E-state index >= 15 is 0 Å². The minimum Gasteiger partial charge on any atom is -0.407 e. The molecule has 1 aliphatic rings. The first-order valence-electron chi connectivity index (χ1n) is 3.91. The van der Waals surface area contributed by atoms with Crippen LogP contribution in [0.15, 0.2) is 0 Å². The quantitative estimate of drug-likeness (QED) is 0.519. The number of ether oxygens (including phenoxy) is 2. The van der Waals surface area contributed by atoms with Crippen LogP contribution in [0.4, 0.5) is 0 Å². The van der Waals surface area contributed by atoms with Gasteiger partial charge >= 0.3 is 22.2 Å². The molecule has 0 aromatic rings. The molecule has 15 heavy (non-hydrogen) atoms. The van der Waals surface area contributed by atoms with E-state index in [1.54, 1.807) is 0 Å². The van der Waals surface area contributed by atoms with E-state index in [0.29, 0.717) is 11.8 Å². The van der Waals surface area contributed by atoms with Crippen molar-refractivity contribution in [2.45, 2.75) is 24.1 Å². The van der Waals surface area contributed by atoms with Gasteiger partial charge in [0.05, 0.1) is 5.08 Å². The van der Waals surface area contributed by atoms with Crippen molar-refractivity contribution in [3.05, 3.63) is 0 Å². The van der Waals surface area contributed by atoms with E-state index < -0.39 is 22.2 Å². The number of aliphatic hydroxyl groups is 2. The first kappa shape index (κ1) is 12.6. The van der Waals surface area contributed by atoms with Crippen LogP contribution in [0.3, 0.4) is 0 Å². The van der Waals surface area contributed by atoms with Crippen LogP contribution < -0.4 is 0 Å². The Bertz CT molecular complexity index is 273. The van der Waals surface area contributed by atoms with E-state index in [1.165, 1.54) is 0 Å². The number of thioether (sulfide) groups is 2. The molecular formula is C7H10O6S2. The first-order valence-corrected chi connectivity index (χ1v) is 5.88. The molecule has 0 atom stereocenters. The van der Waals surface area contributed by atoms with Crippen molar-refractivity contribution in [3.63, 3.8) is 0 Å². The third-order valence-electron chi connectivity index (χ3n) is 1.46. The van der Waals surface area contributed by atoms with E-state index in [4.69, 9.17) is 0 Å². The molecule has 86 valence electrons. The minimum atomic E-state index is -2.44. The second-order valence-corrected chi connectivity index (χ2v) is 5.39. The maximum absolute atomic E-state index is 10.8. The molecule has 0 aromatic heterocycles. The highest BCUT2D eigenvalue weighted by atomic mass is 32.2. The van der Waals surface area contributed by atoms with Gasteiger partial charge < -0.3 is 19.7 Å². The van der Waals surface area contributed by atoms with Gasteiger partial charge in [-0.1, -0.05) is 23.5 Å². The number of rotatable bonds is 2. The Kier molecular flexibility index (Phi) is 3.54. The van der Waals surface area contributed by atoms with Crippen molar-refractivity contribution in [3.8, 4) is 0 Å². The first-order chi connectivity index (χ1) is 6.79. The monoisotopic (exact) mass is 254 g/mol. The lowest BCUT2D eigenvalue weighted by Crippen LogP contribution is -2.52. The molecule has 0 bridgehead atoms. The minimum absolute atomic E-state index is 0.230. The maximum atomic E-state index is 10.8. The van der Waals surface area contributed by atoms with Crippen LogP contribution in [0.2, 0.25) is 0 Å². The lowest BCUT2D eigenvalue weighted by atomic mass is 10.5. The molecule has 1 saturated heterocycles. The average Bonchev–Trinajstić information content (AvgIpc) is 2.24. The molecule has 1 fully saturated rings. The Labute approximate surface area is 94.3 Å². The number of carbonyl (C=O) groups excluding carboxylic acids is 2. The van der Waals surface area contributed by atoms with E-state index in [-0.39, 0.29) is 5.08 Å². The van der Waals surface area contributed by atoms with E-state index in [9.17, 15) is 19.8 Å². The van der Waals surface area contributed by atoms with Crippen LogP contribution in [-0.2, 0) is 19.1 Å². The molecule has 0 spiro atoms. The molecule has 0 radical (unpaired) electrons. The van der Waals surface area contributed by atoms with Crippen LogP contribution in [0.5, 0.6) is 0 Å². The SMILES string of the molecule is CC(=O)OC1(OC(C)=O)SCSC1(O)O. The lowest BCUT2D eigenvalue weighted by Gasteiger charge is -2.33. The van der Waals surface area contributed by atoms with Crippen molar-refractivity contribution in [2.75, 3.05) is 5.08 Å². The summed E-state index contributed by atoms with van der Waals surface area (Å²) in [5, 5.41) is 14.8. The molecule has 6 nitrogen and oxygen atoms in total. The fourth-order valence-electron chi connectivity index (χ4n) is 0.963. The van der Waals surface area contributed by atoms with Crippen LogP contribution in [0, 0.1) is 0 Å². The molecule has 1 heterocycles. The van der Waals surface area contributed by atoms with E-state index in [2.05, 4.69) is 9.47 Å². The molecular weight excluding hydrogens is 244 g/mol. The molecule has 0 unspecified atom stereocenters. The Hall–Kier alpha value is -0.440. The molecule has 0 aliphatic carbocycles. The molecule has 0 amide bonds. The van der Waals surface area contributed by atoms with E-state index in [0.717, 1.165) is 25.6 Å². The summed E-state index contributed by atoms with van der Waals surface area (Å²) in [7, 11) is 0. The highest BCUT2D eigenvalue weighted by Gasteiger charge is 2.62. The number of esters is 2. The molecule has 1 rings (SSSR count). The van der Waals surface area contributed by atoms with Gasteiger partial charge in [0.15, 0.2) is 0 Å². The van der Waals surface area contributed by atoms with Gasteiger partial charge in [-0.2, -0.15) is 0 Å². The van der Waals surface area contributed by atoms with Crippen LogP contribution >= 0.6 is 23.5 Å². The van der Waals surface area contributed by atoms with Gasteiger partial charge in [0, 0.05) is 13.8 Å². The molecule has 0 saturated carbocycles. The second kappa shape index (κ2) is 4.20. The van der Waals surface area contributed by atoms with Crippen LogP contribution in [-0.4, -0.2) is 37.5 Å². The molecule has 1 aliphatic heterocycles. The van der Waals surface area contributed by atoms with Crippen molar-refractivity contribution >= 4 is 35.5 Å². The third kappa shape index (κ3) is 2.57. The van der Waals surface area contributed by atoms with Gasteiger partial charge in [0.2, 0.25) is 0 Å². The maximum Gasteiger partial charge on any atom is 0.373 e. The molecule has 8 heteroatoms. The fraction of sp³-hybridized carbons (Fsp3) is 0.714. The predicted molar refractivity (Wildman–Crippen MR) is 53.5 cm³/mol. The molecule has 0 aromatic carbocycles. The van der Waals surface area contributed by atoms with Crippen LogP contribution in [0.25, 0.3) is 0 Å². The zero-order chi connectivity index (χ0) is 11.7. The second-order valence-electron chi connectivity index (χ2n) is 2.76. The summed E-state index contributed by atoms with van der Waals surface area (Å²) in [6.07, 6.45) is 0. The summed E-state index contributed by atoms with van der Waals surface area (Å²) in [4.78, 5) is 21.6. The number of carbonyl (C=O) groups is 2. The van der Waals surface area contributed by atoms with Crippen LogP contribution in [0.1, 0.15) is 13.8 Å². The van der Waals surface area contributed by atoms with Gasteiger partial charge in [0.25, 0.3) is 0 Å². The van der Waals surface area contributed by atoms with Gasteiger partial charge in [0.1, 0.15) is 0 Å². The number of hydrogen-bond donors (Lipinski definition) is 2. The van der Waals surface area contributed by atoms with E-state index in [1.807, 2.05) is 0 Å². The largest absolute Gasteiger partial charge is 0.407 e. The zero-order valence-corrected chi connectivity index (χ0v) is 9.68. The van der Waals surface area contributed by atoms with Crippen molar-refractivity contribution < 1.29 is 29.3 Å². The standard InChI is InChI=1S/C7H10O6S2/c1-4(8)12-7(13-5(2)9)6(10,11)14-3-15-7/h10-11H,3H2,1-2H3. The summed E-state index contributed by atoms with van der Waals surface area (Å²) < 4.78 is 9.37. The van der Waals surface area contributed by atoms with Crippen molar-refractivity contribution in [2.24, 2.45) is 0 Å². The average molecular weight is 254 g/mol. The Balaban J connectivity index is 2.95. The summed E-state index contributed by atoms with van der Waals surface area (Å²) in [6.45, 7) is 2.18. The van der Waals surface area contributed by atoms with Crippen molar-refractivity contribution in [1.82, 2.24) is 0 Å². The predicted octanol–water partition coefficient (Wildman–Crippen LogP) is -0.158. The van der Waals surface area contributed by atoms with Gasteiger partial charge in [-0.15, -0.1) is 0 Å². The lowest BCUT2D eigenvalue weighted by molar-refractivity contribution is -0.273. The Morgan fingerprint density at radius 1 is 1.13 bits per heavy atom.